The first-order chi connectivity index (χ1) is 12.8. The largest absolute Gasteiger partial charge is 0.503 e. The van der Waals surface area contributed by atoms with Crippen molar-refractivity contribution in [3.8, 4) is 0 Å². The SMILES string of the molecule is CC(C)C(=O)C1=C(O)C(=O)N(c2ccccc2)C1c1ccc(N(C)C)cc1. The molecule has 0 radical (unpaired) electrons. The van der Waals surface area contributed by atoms with Gasteiger partial charge in [0.05, 0.1) is 11.6 Å². The lowest BCUT2D eigenvalue weighted by molar-refractivity contribution is -0.119. The highest BCUT2D eigenvalue weighted by molar-refractivity contribution is 6.16. The van der Waals surface area contributed by atoms with E-state index >= 15 is 0 Å². The molecule has 1 unspecified atom stereocenters. The van der Waals surface area contributed by atoms with Gasteiger partial charge >= 0.3 is 0 Å². The second kappa shape index (κ2) is 7.27. The lowest BCUT2D eigenvalue weighted by atomic mass is 9.91. The minimum Gasteiger partial charge on any atom is -0.503 e. The van der Waals surface area contributed by atoms with Gasteiger partial charge in [0.15, 0.2) is 11.5 Å². The Labute approximate surface area is 159 Å². The molecule has 5 heteroatoms. The summed E-state index contributed by atoms with van der Waals surface area (Å²) in [5, 5.41) is 10.5. The Hall–Kier alpha value is -3.08. The third-order valence-corrected chi connectivity index (χ3v) is 4.76. The maximum Gasteiger partial charge on any atom is 0.294 e. The van der Waals surface area contributed by atoms with Crippen molar-refractivity contribution < 1.29 is 14.7 Å². The van der Waals surface area contributed by atoms with Gasteiger partial charge in [-0.2, -0.15) is 0 Å². The first-order valence-corrected chi connectivity index (χ1v) is 8.96. The lowest BCUT2D eigenvalue weighted by Gasteiger charge is -2.27. The summed E-state index contributed by atoms with van der Waals surface area (Å²) in [6, 6.07) is 16.1. The molecule has 0 saturated heterocycles. The number of carbonyl (C=O) groups excluding carboxylic acids is 2. The average Bonchev–Trinajstić information content (AvgIpc) is 2.93. The molecule has 0 aliphatic carbocycles. The molecule has 2 aromatic carbocycles. The number of ketones is 1. The number of benzene rings is 2. The zero-order valence-electron chi connectivity index (χ0n) is 16.0. The van der Waals surface area contributed by atoms with Gasteiger partial charge in [0.1, 0.15) is 0 Å². The van der Waals surface area contributed by atoms with Crippen LogP contribution in [0.1, 0.15) is 25.5 Å². The predicted molar refractivity (Wildman–Crippen MR) is 107 cm³/mol. The highest BCUT2D eigenvalue weighted by atomic mass is 16.3. The van der Waals surface area contributed by atoms with Crippen molar-refractivity contribution in [3.05, 3.63) is 71.5 Å². The zero-order chi connectivity index (χ0) is 19.7. The quantitative estimate of drug-likeness (QED) is 0.875. The van der Waals surface area contributed by atoms with E-state index in [9.17, 15) is 14.7 Å². The number of aliphatic hydroxyl groups excluding tert-OH is 1. The second-order valence-electron chi connectivity index (χ2n) is 7.18. The summed E-state index contributed by atoms with van der Waals surface area (Å²) in [6.45, 7) is 3.54. The number of anilines is 2. The van der Waals surface area contributed by atoms with E-state index in [4.69, 9.17) is 0 Å². The minimum absolute atomic E-state index is 0.163. The number of nitrogens with zero attached hydrogens (tertiary/aromatic N) is 2. The molecule has 27 heavy (non-hydrogen) atoms. The third kappa shape index (κ3) is 3.33. The van der Waals surface area contributed by atoms with Gasteiger partial charge in [-0.3, -0.25) is 14.5 Å². The molecule has 140 valence electrons. The van der Waals surface area contributed by atoms with Crippen LogP contribution in [0.2, 0.25) is 0 Å². The summed E-state index contributed by atoms with van der Waals surface area (Å²) < 4.78 is 0. The van der Waals surface area contributed by atoms with Crippen LogP contribution in [0.25, 0.3) is 0 Å². The van der Waals surface area contributed by atoms with Crippen LogP contribution in [0.4, 0.5) is 11.4 Å². The lowest BCUT2D eigenvalue weighted by Crippen LogP contribution is -2.31. The smallest absolute Gasteiger partial charge is 0.294 e. The third-order valence-electron chi connectivity index (χ3n) is 4.76. The fourth-order valence-electron chi connectivity index (χ4n) is 3.29. The van der Waals surface area contributed by atoms with Crippen LogP contribution in [0.15, 0.2) is 65.9 Å². The summed E-state index contributed by atoms with van der Waals surface area (Å²) >= 11 is 0. The second-order valence-corrected chi connectivity index (χ2v) is 7.18. The summed E-state index contributed by atoms with van der Waals surface area (Å²) in [7, 11) is 3.90. The Bertz CT molecular complexity index is 884. The maximum absolute atomic E-state index is 12.9. The Morgan fingerprint density at radius 2 is 1.63 bits per heavy atom. The van der Waals surface area contributed by atoms with Crippen molar-refractivity contribution in [2.45, 2.75) is 19.9 Å². The van der Waals surface area contributed by atoms with Gasteiger partial charge in [-0.05, 0) is 29.8 Å². The molecular weight excluding hydrogens is 340 g/mol. The molecule has 1 aliphatic rings. The van der Waals surface area contributed by atoms with E-state index in [0.717, 1.165) is 11.3 Å². The van der Waals surface area contributed by atoms with Crippen LogP contribution in [0.5, 0.6) is 0 Å². The molecular formula is C22H24N2O3. The number of hydrogen-bond donors (Lipinski definition) is 1. The summed E-state index contributed by atoms with van der Waals surface area (Å²) in [5.41, 5.74) is 2.60. The highest BCUT2D eigenvalue weighted by Crippen LogP contribution is 2.41. The van der Waals surface area contributed by atoms with Crippen molar-refractivity contribution in [1.29, 1.82) is 0 Å². The topological polar surface area (TPSA) is 60.9 Å². The van der Waals surface area contributed by atoms with Crippen LogP contribution in [-0.2, 0) is 9.59 Å². The Morgan fingerprint density at radius 3 is 2.15 bits per heavy atom. The number of hydrogen-bond acceptors (Lipinski definition) is 4. The van der Waals surface area contributed by atoms with Crippen LogP contribution >= 0.6 is 0 Å². The minimum atomic E-state index is -0.647. The van der Waals surface area contributed by atoms with Gasteiger partial charge < -0.3 is 10.0 Å². The van der Waals surface area contributed by atoms with Crippen LogP contribution < -0.4 is 9.80 Å². The zero-order valence-corrected chi connectivity index (χ0v) is 16.0. The number of carbonyl (C=O) groups is 2. The van der Waals surface area contributed by atoms with E-state index in [2.05, 4.69) is 0 Å². The molecule has 1 heterocycles. The van der Waals surface area contributed by atoms with Crippen LogP contribution in [0.3, 0.4) is 0 Å². The summed E-state index contributed by atoms with van der Waals surface area (Å²) in [6.07, 6.45) is 0. The van der Waals surface area contributed by atoms with Gasteiger partial charge in [-0.15, -0.1) is 0 Å². The fraction of sp³-hybridized carbons (Fsp3) is 0.273. The number of aliphatic hydroxyl groups is 1. The number of rotatable bonds is 5. The van der Waals surface area contributed by atoms with E-state index in [1.165, 1.54) is 4.90 Å². The number of Topliss-reactive ketones (excluding diaryl/α,β-unsaturated/α-hetero) is 1. The molecule has 1 amide bonds. The molecule has 0 saturated carbocycles. The fourth-order valence-corrected chi connectivity index (χ4v) is 3.29. The molecule has 2 aromatic rings. The average molecular weight is 364 g/mol. The van der Waals surface area contributed by atoms with E-state index in [1.807, 2.05) is 61.5 Å². The Kier molecular flexibility index (Phi) is 5.04. The molecule has 0 fully saturated rings. The van der Waals surface area contributed by atoms with Gasteiger partial charge in [-0.25, -0.2) is 0 Å². The van der Waals surface area contributed by atoms with Gasteiger partial charge in [0.25, 0.3) is 5.91 Å². The number of para-hydroxylation sites is 1. The first kappa shape index (κ1) is 18.7. The number of amides is 1. The first-order valence-electron chi connectivity index (χ1n) is 8.96. The van der Waals surface area contributed by atoms with Crippen molar-refractivity contribution >= 4 is 23.1 Å². The Morgan fingerprint density at radius 1 is 1.04 bits per heavy atom. The molecule has 1 atom stereocenters. The molecule has 3 rings (SSSR count). The highest BCUT2D eigenvalue weighted by Gasteiger charge is 2.44. The van der Waals surface area contributed by atoms with Crippen molar-refractivity contribution in [1.82, 2.24) is 0 Å². The van der Waals surface area contributed by atoms with Crippen molar-refractivity contribution in [2.24, 2.45) is 5.92 Å². The van der Waals surface area contributed by atoms with Gasteiger partial charge in [-0.1, -0.05) is 44.2 Å². The molecule has 0 aromatic heterocycles. The predicted octanol–water partition coefficient (Wildman–Crippen LogP) is 3.88. The molecule has 5 nitrogen and oxygen atoms in total. The van der Waals surface area contributed by atoms with Crippen LogP contribution in [0, 0.1) is 5.92 Å². The molecule has 1 N–H and O–H groups in total. The maximum atomic E-state index is 12.9. The standard InChI is InChI=1S/C22H24N2O3/c1-14(2)20(25)18-19(15-10-12-16(13-11-15)23(3)4)24(22(27)21(18)26)17-8-6-5-7-9-17/h5-14,19,26H,1-4H3. The normalized spacial score (nSPS) is 17.0. The Balaban J connectivity index is 2.15. The molecule has 1 aliphatic heterocycles. The van der Waals surface area contributed by atoms with E-state index < -0.39 is 17.7 Å². The summed E-state index contributed by atoms with van der Waals surface area (Å²) in [4.78, 5) is 29.2. The van der Waals surface area contributed by atoms with E-state index in [0.29, 0.717) is 5.69 Å². The monoisotopic (exact) mass is 364 g/mol. The molecule has 0 bridgehead atoms. The van der Waals surface area contributed by atoms with Crippen LogP contribution in [-0.4, -0.2) is 30.9 Å². The van der Waals surface area contributed by atoms with E-state index in [-0.39, 0.29) is 17.3 Å². The van der Waals surface area contributed by atoms with Gasteiger partial charge in [0.2, 0.25) is 0 Å². The van der Waals surface area contributed by atoms with E-state index in [1.54, 1.807) is 26.0 Å². The van der Waals surface area contributed by atoms with Crippen molar-refractivity contribution in [2.75, 3.05) is 23.9 Å². The van der Waals surface area contributed by atoms with Crippen molar-refractivity contribution in [3.63, 3.8) is 0 Å². The molecule has 0 spiro atoms. The van der Waals surface area contributed by atoms with Gasteiger partial charge in [0, 0.05) is 31.4 Å². The summed E-state index contributed by atoms with van der Waals surface area (Å²) in [5.74, 6) is -1.55.